The largest absolute Gasteiger partial charge is 0.263 e. The van der Waals surface area contributed by atoms with Gasteiger partial charge in [-0.25, -0.2) is 0 Å². The van der Waals surface area contributed by atoms with E-state index < -0.39 is 5.54 Å². The maximum Gasteiger partial charge on any atom is 0.101 e. The smallest absolute Gasteiger partial charge is 0.101 e. The highest BCUT2D eigenvalue weighted by Crippen LogP contribution is 2.55. The second-order valence-corrected chi connectivity index (χ2v) is 9.55. The summed E-state index contributed by atoms with van der Waals surface area (Å²) in [4.78, 5) is 2.60. The maximum atomic E-state index is 4.16. The molecule has 1 atom stereocenters. The Morgan fingerprint density at radius 3 is 1.47 bits per heavy atom. The molecule has 0 fully saturated rings. The van der Waals surface area contributed by atoms with E-state index >= 15 is 0 Å². The van der Waals surface area contributed by atoms with Gasteiger partial charge in [0.05, 0.1) is 5.54 Å². The van der Waals surface area contributed by atoms with E-state index in [0.29, 0.717) is 0 Å². The van der Waals surface area contributed by atoms with Crippen molar-refractivity contribution in [3.63, 3.8) is 0 Å². The Kier molecular flexibility index (Phi) is 4.85. The Balaban J connectivity index is 1.86. The van der Waals surface area contributed by atoms with E-state index in [-0.39, 0.29) is 4.45 Å². The molecule has 0 radical (unpaired) electrons. The molecule has 4 aromatic rings. The minimum absolute atomic E-state index is 0.314. The number of nitrogens with zero attached hydrogens (tertiary/aromatic N) is 1. The van der Waals surface area contributed by atoms with Crippen LogP contribution < -0.4 is 0 Å². The fourth-order valence-corrected chi connectivity index (χ4v) is 5.78. The van der Waals surface area contributed by atoms with Crippen molar-refractivity contribution in [3.05, 3.63) is 143 Å². The van der Waals surface area contributed by atoms with Crippen LogP contribution in [0.25, 0.3) is 0 Å². The van der Waals surface area contributed by atoms with Gasteiger partial charge in [0.25, 0.3) is 0 Å². The first-order chi connectivity index (χ1) is 14.6. The highest BCUT2D eigenvalue weighted by Gasteiger charge is 2.52. The van der Waals surface area contributed by atoms with Gasteiger partial charge in [0, 0.05) is 6.54 Å². The zero-order chi connectivity index (χ0) is 20.6. The van der Waals surface area contributed by atoms with E-state index in [1.54, 1.807) is 0 Å². The first kappa shape index (κ1) is 19.3. The number of benzene rings is 4. The molecule has 5 rings (SSSR count). The number of halogens is 1. The molecule has 0 saturated carbocycles. The van der Waals surface area contributed by atoms with Crippen LogP contribution in [0.15, 0.2) is 115 Å². The highest BCUT2D eigenvalue weighted by molar-refractivity contribution is 9.09. The lowest BCUT2D eigenvalue weighted by molar-refractivity contribution is 0.100. The minimum atomic E-state index is -0.443. The zero-order valence-electron chi connectivity index (χ0n) is 17.0. The van der Waals surface area contributed by atoms with Gasteiger partial charge in [-0.3, -0.25) is 4.90 Å². The van der Waals surface area contributed by atoms with E-state index in [2.05, 4.69) is 143 Å². The third kappa shape index (κ3) is 2.86. The molecule has 0 amide bonds. The Bertz CT molecular complexity index is 1040. The second kappa shape index (κ2) is 7.54. The predicted octanol–water partition coefficient (Wildman–Crippen LogP) is 7.06. The summed E-state index contributed by atoms with van der Waals surface area (Å²) < 4.78 is -0.314. The van der Waals surface area contributed by atoms with Crippen LogP contribution in [0.3, 0.4) is 0 Å². The van der Waals surface area contributed by atoms with Crippen molar-refractivity contribution in [2.75, 3.05) is 0 Å². The number of hydrogen-bond donors (Lipinski definition) is 0. The normalized spacial score (nSPS) is 18.9. The Morgan fingerprint density at radius 1 is 0.633 bits per heavy atom. The second-order valence-electron chi connectivity index (χ2n) is 8.01. The highest BCUT2D eigenvalue weighted by atomic mass is 79.9. The van der Waals surface area contributed by atoms with Gasteiger partial charge in [-0.05, 0) is 34.7 Å². The number of fused-ring (bicyclic) bond motifs is 1. The Morgan fingerprint density at radius 2 is 1.03 bits per heavy atom. The minimum Gasteiger partial charge on any atom is -0.263 e. The summed E-state index contributed by atoms with van der Waals surface area (Å²) in [5.74, 6) is 0. The van der Waals surface area contributed by atoms with Crippen LogP contribution in [-0.2, 0) is 16.5 Å². The standard InChI is InChI=1S/C28H24BrN/c1-27(29)26-20-12-11-13-22(26)21-30(27)28(23-14-5-2-6-15-23,24-16-7-3-8-17-24)25-18-9-4-10-19-25/h2-20H,21H2,1H3. The molecule has 148 valence electrons. The molecule has 1 unspecified atom stereocenters. The molecular formula is C28H24BrN. The molecule has 2 heteroatoms. The van der Waals surface area contributed by atoms with Gasteiger partial charge in [0.2, 0.25) is 0 Å². The van der Waals surface area contributed by atoms with Crippen LogP contribution in [0.5, 0.6) is 0 Å². The summed E-state index contributed by atoms with van der Waals surface area (Å²) in [7, 11) is 0. The fraction of sp³-hybridized carbons (Fsp3) is 0.143. The summed E-state index contributed by atoms with van der Waals surface area (Å²) in [6.45, 7) is 3.14. The van der Waals surface area contributed by atoms with Gasteiger partial charge in [0.1, 0.15) is 4.45 Å². The van der Waals surface area contributed by atoms with E-state index in [1.807, 2.05) is 0 Å². The average Bonchev–Trinajstić information content (AvgIpc) is 3.08. The third-order valence-corrected chi connectivity index (χ3v) is 7.18. The third-order valence-electron chi connectivity index (χ3n) is 6.32. The first-order valence-electron chi connectivity index (χ1n) is 10.4. The van der Waals surface area contributed by atoms with Crippen molar-refractivity contribution in [3.8, 4) is 0 Å². The molecule has 1 heterocycles. The van der Waals surface area contributed by atoms with E-state index in [4.69, 9.17) is 0 Å². The van der Waals surface area contributed by atoms with Crippen molar-refractivity contribution in [1.29, 1.82) is 0 Å². The summed E-state index contributed by atoms with van der Waals surface area (Å²) in [6, 6.07) is 41.5. The molecule has 0 spiro atoms. The Hall–Kier alpha value is -2.68. The van der Waals surface area contributed by atoms with Gasteiger partial charge in [-0.2, -0.15) is 0 Å². The number of alkyl halides is 1. The number of rotatable bonds is 4. The van der Waals surface area contributed by atoms with Gasteiger partial charge in [-0.1, -0.05) is 131 Å². The van der Waals surface area contributed by atoms with Gasteiger partial charge < -0.3 is 0 Å². The molecule has 1 nitrogen and oxygen atoms in total. The monoisotopic (exact) mass is 453 g/mol. The summed E-state index contributed by atoms with van der Waals surface area (Å²) in [6.07, 6.45) is 0. The summed E-state index contributed by atoms with van der Waals surface area (Å²) >= 11 is 4.16. The molecule has 30 heavy (non-hydrogen) atoms. The topological polar surface area (TPSA) is 3.24 Å². The van der Waals surface area contributed by atoms with Crippen molar-refractivity contribution in [2.45, 2.75) is 23.5 Å². The molecular weight excluding hydrogens is 430 g/mol. The van der Waals surface area contributed by atoms with Crippen LogP contribution in [0.4, 0.5) is 0 Å². The van der Waals surface area contributed by atoms with Crippen molar-refractivity contribution >= 4 is 15.9 Å². The van der Waals surface area contributed by atoms with Crippen molar-refractivity contribution in [2.24, 2.45) is 0 Å². The van der Waals surface area contributed by atoms with Crippen LogP contribution in [0, 0.1) is 0 Å². The maximum absolute atomic E-state index is 4.16. The van der Waals surface area contributed by atoms with E-state index in [1.165, 1.54) is 27.8 Å². The van der Waals surface area contributed by atoms with Crippen LogP contribution in [-0.4, -0.2) is 4.90 Å². The van der Waals surface area contributed by atoms with Crippen LogP contribution >= 0.6 is 15.9 Å². The van der Waals surface area contributed by atoms with Crippen LogP contribution in [0.1, 0.15) is 34.7 Å². The lowest BCUT2D eigenvalue weighted by Gasteiger charge is -2.49. The quantitative estimate of drug-likeness (QED) is 0.181. The average molecular weight is 454 g/mol. The molecule has 0 aromatic heterocycles. The molecule has 0 N–H and O–H groups in total. The zero-order valence-corrected chi connectivity index (χ0v) is 18.6. The Labute approximate surface area is 187 Å². The van der Waals surface area contributed by atoms with Gasteiger partial charge in [0.15, 0.2) is 0 Å². The molecule has 1 aliphatic rings. The van der Waals surface area contributed by atoms with Crippen LogP contribution in [0.2, 0.25) is 0 Å². The summed E-state index contributed by atoms with van der Waals surface area (Å²) in [5.41, 5.74) is 6.05. The van der Waals surface area contributed by atoms with E-state index in [0.717, 1.165) is 6.54 Å². The lowest BCUT2D eigenvalue weighted by atomic mass is 9.75. The molecule has 0 saturated heterocycles. The SMILES string of the molecule is CC1(Br)c2ccccc2CN1C(c1ccccc1)(c1ccccc1)c1ccccc1. The lowest BCUT2D eigenvalue weighted by Crippen LogP contribution is -2.51. The molecule has 4 aromatic carbocycles. The first-order valence-corrected chi connectivity index (χ1v) is 11.2. The fourth-order valence-electron chi connectivity index (χ4n) is 5.01. The molecule has 0 bridgehead atoms. The van der Waals surface area contributed by atoms with Crippen molar-refractivity contribution in [1.82, 2.24) is 4.90 Å². The molecule has 1 aliphatic heterocycles. The molecule has 0 aliphatic carbocycles. The predicted molar refractivity (Wildman–Crippen MR) is 127 cm³/mol. The van der Waals surface area contributed by atoms with Crippen molar-refractivity contribution < 1.29 is 0 Å². The number of hydrogen-bond acceptors (Lipinski definition) is 1. The van der Waals surface area contributed by atoms with Gasteiger partial charge in [-0.15, -0.1) is 0 Å². The summed E-state index contributed by atoms with van der Waals surface area (Å²) in [5, 5.41) is 0. The van der Waals surface area contributed by atoms with E-state index in [9.17, 15) is 0 Å². The van der Waals surface area contributed by atoms with Gasteiger partial charge >= 0.3 is 0 Å².